The van der Waals surface area contributed by atoms with Crippen molar-refractivity contribution < 1.29 is 0 Å². The molecule has 102 valence electrons. The van der Waals surface area contributed by atoms with Crippen LogP contribution in [-0.2, 0) is 12.1 Å². The summed E-state index contributed by atoms with van der Waals surface area (Å²) in [6.45, 7) is 11.5. The van der Waals surface area contributed by atoms with Crippen LogP contribution < -0.4 is 5.32 Å². The minimum Gasteiger partial charge on any atom is -0.381 e. The quantitative estimate of drug-likeness (QED) is 0.904. The van der Waals surface area contributed by atoms with Gasteiger partial charge in [-0.3, -0.25) is 4.68 Å². The van der Waals surface area contributed by atoms with Gasteiger partial charge in [0.25, 0.3) is 0 Å². The first-order valence-corrected chi connectivity index (χ1v) is 6.71. The molecule has 3 heteroatoms. The van der Waals surface area contributed by atoms with Gasteiger partial charge in [0, 0.05) is 24.0 Å². The summed E-state index contributed by atoms with van der Waals surface area (Å²) in [6, 6.07) is 6.45. The number of anilines is 1. The van der Waals surface area contributed by atoms with Crippen LogP contribution in [0.25, 0.3) is 0 Å². The maximum Gasteiger partial charge on any atom is 0.0543 e. The van der Waals surface area contributed by atoms with Crippen LogP contribution in [0.5, 0.6) is 0 Å². The van der Waals surface area contributed by atoms with Crippen molar-refractivity contribution in [2.75, 3.05) is 5.32 Å². The first kappa shape index (κ1) is 13.7. The molecule has 0 saturated carbocycles. The fourth-order valence-electron chi connectivity index (χ4n) is 1.87. The molecule has 0 aliphatic heterocycles. The molecular formula is C16H23N3. The highest BCUT2D eigenvalue weighted by atomic mass is 15.3. The standard InChI is InChI=1S/C16H23N3/c1-12-6-7-15(8-13(12)2)17-9-14-10-18-19(11-14)16(3,4)5/h6-8,10-11,17H,9H2,1-5H3. The van der Waals surface area contributed by atoms with Gasteiger partial charge in [-0.15, -0.1) is 0 Å². The van der Waals surface area contributed by atoms with E-state index in [2.05, 4.69) is 69.4 Å². The minimum atomic E-state index is 0.0404. The number of hydrogen-bond donors (Lipinski definition) is 1. The van der Waals surface area contributed by atoms with E-state index in [1.807, 2.05) is 10.9 Å². The van der Waals surface area contributed by atoms with Gasteiger partial charge in [-0.25, -0.2) is 0 Å². The molecule has 3 nitrogen and oxygen atoms in total. The number of aromatic nitrogens is 2. The molecule has 1 heterocycles. The average Bonchev–Trinajstić information content (AvgIpc) is 2.79. The number of benzene rings is 1. The van der Waals surface area contributed by atoms with E-state index in [-0.39, 0.29) is 5.54 Å². The lowest BCUT2D eigenvalue weighted by atomic mass is 10.1. The molecule has 0 aliphatic carbocycles. The lowest BCUT2D eigenvalue weighted by Gasteiger charge is -2.18. The number of nitrogens with one attached hydrogen (secondary N) is 1. The largest absolute Gasteiger partial charge is 0.381 e. The molecular weight excluding hydrogens is 234 g/mol. The van der Waals surface area contributed by atoms with Crippen molar-refractivity contribution in [1.29, 1.82) is 0 Å². The molecule has 2 aromatic rings. The highest BCUT2D eigenvalue weighted by molar-refractivity contribution is 5.48. The van der Waals surface area contributed by atoms with Gasteiger partial charge in [-0.2, -0.15) is 5.10 Å². The van der Waals surface area contributed by atoms with E-state index in [9.17, 15) is 0 Å². The molecule has 1 aromatic heterocycles. The normalized spacial score (nSPS) is 11.6. The van der Waals surface area contributed by atoms with E-state index in [1.165, 1.54) is 16.7 Å². The second-order valence-corrected chi connectivity index (χ2v) is 6.12. The molecule has 0 amide bonds. The Labute approximate surface area is 115 Å². The van der Waals surface area contributed by atoms with Gasteiger partial charge in [0.15, 0.2) is 0 Å². The van der Waals surface area contributed by atoms with Gasteiger partial charge in [0.05, 0.1) is 11.7 Å². The van der Waals surface area contributed by atoms with Crippen molar-refractivity contribution >= 4 is 5.69 Å². The zero-order valence-corrected chi connectivity index (χ0v) is 12.5. The molecule has 19 heavy (non-hydrogen) atoms. The zero-order chi connectivity index (χ0) is 14.0. The molecule has 1 aromatic carbocycles. The summed E-state index contributed by atoms with van der Waals surface area (Å²) in [4.78, 5) is 0. The molecule has 0 bridgehead atoms. The Morgan fingerprint density at radius 3 is 2.47 bits per heavy atom. The number of nitrogens with zero attached hydrogens (tertiary/aromatic N) is 2. The fourth-order valence-corrected chi connectivity index (χ4v) is 1.87. The van der Waals surface area contributed by atoms with Crippen LogP contribution in [-0.4, -0.2) is 9.78 Å². The number of aryl methyl sites for hydroxylation is 2. The second-order valence-electron chi connectivity index (χ2n) is 6.12. The van der Waals surface area contributed by atoms with Gasteiger partial charge in [0.1, 0.15) is 0 Å². The molecule has 1 N–H and O–H groups in total. The maximum atomic E-state index is 4.41. The van der Waals surface area contributed by atoms with E-state index in [0.717, 1.165) is 12.2 Å². The van der Waals surface area contributed by atoms with Gasteiger partial charge >= 0.3 is 0 Å². The van der Waals surface area contributed by atoms with Crippen molar-refractivity contribution in [2.24, 2.45) is 0 Å². The van der Waals surface area contributed by atoms with Crippen LogP contribution >= 0.6 is 0 Å². The third-order valence-electron chi connectivity index (χ3n) is 3.33. The van der Waals surface area contributed by atoms with Crippen molar-refractivity contribution in [1.82, 2.24) is 9.78 Å². The molecule has 0 radical (unpaired) electrons. The Morgan fingerprint density at radius 1 is 1.16 bits per heavy atom. The smallest absolute Gasteiger partial charge is 0.0543 e. The number of hydrogen-bond acceptors (Lipinski definition) is 2. The van der Waals surface area contributed by atoms with Crippen molar-refractivity contribution in [3.8, 4) is 0 Å². The van der Waals surface area contributed by atoms with Crippen molar-refractivity contribution in [2.45, 2.75) is 46.7 Å². The van der Waals surface area contributed by atoms with Crippen molar-refractivity contribution in [3.05, 3.63) is 47.3 Å². The summed E-state index contributed by atoms with van der Waals surface area (Å²) < 4.78 is 2.00. The Morgan fingerprint density at radius 2 is 1.89 bits per heavy atom. The monoisotopic (exact) mass is 257 g/mol. The van der Waals surface area contributed by atoms with E-state index in [1.54, 1.807) is 0 Å². The van der Waals surface area contributed by atoms with Gasteiger partial charge in [-0.1, -0.05) is 6.07 Å². The molecule has 0 aliphatic rings. The van der Waals surface area contributed by atoms with Gasteiger partial charge in [-0.05, 0) is 57.9 Å². The zero-order valence-electron chi connectivity index (χ0n) is 12.5. The Bertz CT molecular complexity index is 562. The summed E-state index contributed by atoms with van der Waals surface area (Å²) in [5.41, 5.74) is 5.04. The van der Waals surface area contributed by atoms with Crippen LogP contribution in [0, 0.1) is 13.8 Å². The predicted octanol–water partition coefficient (Wildman–Crippen LogP) is 3.87. The number of rotatable bonds is 3. The van der Waals surface area contributed by atoms with Crippen LogP contribution in [0.15, 0.2) is 30.6 Å². The lowest BCUT2D eigenvalue weighted by molar-refractivity contribution is 0.355. The highest BCUT2D eigenvalue weighted by Crippen LogP contribution is 2.16. The second kappa shape index (κ2) is 5.08. The van der Waals surface area contributed by atoms with Crippen LogP contribution in [0.2, 0.25) is 0 Å². The third kappa shape index (κ3) is 3.37. The molecule has 2 rings (SSSR count). The summed E-state index contributed by atoms with van der Waals surface area (Å²) in [6.07, 6.45) is 4.04. The van der Waals surface area contributed by atoms with Crippen LogP contribution in [0.1, 0.15) is 37.5 Å². The fraction of sp³-hybridized carbons (Fsp3) is 0.438. The predicted molar refractivity (Wildman–Crippen MR) is 80.5 cm³/mol. The van der Waals surface area contributed by atoms with Crippen LogP contribution in [0.3, 0.4) is 0 Å². The Hall–Kier alpha value is -1.77. The molecule has 0 unspecified atom stereocenters. The Kier molecular flexibility index (Phi) is 3.65. The van der Waals surface area contributed by atoms with E-state index in [0.29, 0.717) is 0 Å². The Balaban J connectivity index is 2.02. The first-order valence-electron chi connectivity index (χ1n) is 6.71. The molecule has 0 spiro atoms. The van der Waals surface area contributed by atoms with E-state index < -0.39 is 0 Å². The highest BCUT2D eigenvalue weighted by Gasteiger charge is 2.13. The average molecular weight is 257 g/mol. The summed E-state index contributed by atoms with van der Waals surface area (Å²) in [5, 5.41) is 7.85. The lowest BCUT2D eigenvalue weighted by Crippen LogP contribution is -2.21. The molecule has 0 saturated heterocycles. The minimum absolute atomic E-state index is 0.0404. The van der Waals surface area contributed by atoms with Gasteiger partial charge < -0.3 is 5.32 Å². The summed E-state index contributed by atoms with van der Waals surface area (Å²) in [5.74, 6) is 0. The van der Waals surface area contributed by atoms with Gasteiger partial charge in [0.2, 0.25) is 0 Å². The third-order valence-corrected chi connectivity index (χ3v) is 3.33. The summed E-state index contributed by atoms with van der Waals surface area (Å²) in [7, 11) is 0. The maximum absolute atomic E-state index is 4.41. The molecule has 0 fully saturated rings. The van der Waals surface area contributed by atoms with Crippen molar-refractivity contribution in [3.63, 3.8) is 0 Å². The topological polar surface area (TPSA) is 29.9 Å². The summed E-state index contributed by atoms with van der Waals surface area (Å²) >= 11 is 0. The van der Waals surface area contributed by atoms with E-state index in [4.69, 9.17) is 0 Å². The van der Waals surface area contributed by atoms with E-state index >= 15 is 0 Å². The van der Waals surface area contributed by atoms with Crippen LogP contribution in [0.4, 0.5) is 5.69 Å². The first-order chi connectivity index (χ1) is 8.86. The SMILES string of the molecule is Cc1ccc(NCc2cnn(C(C)(C)C)c2)cc1C. The molecule has 0 atom stereocenters.